The smallest absolute Gasteiger partial charge is 0.338 e. The van der Waals surface area contributed by atoms with Crippen LogP contribution in [0.1, 0.15) is 34.1 Å². The second kappa shape index (κ2) is 10.6. The van der Waals surface area contributed by atoms with Gasteiger partial charge in [0.25, 0.3) is 5.56 Å². The summed E-state index contributed by atoms with van der Waals surface area (Å²) in [5.41, 5.74) is 0.548. The maximum atomic E-state index is 13.1. The highest BCUT2D eigenvalue weighted by atomic mass is 16.6. The zero-order valence-corrected chi connectivity index (χ0v) is 18.7. The molecule has 1 fully saturated rings. The lowest BCUT2D eigenvalue weighted by Crippen LogP contribution is -2.42. The van der Waals surface area contributed by atoms with Crippen LogP contribution in [0.5, 0.6) is 0 Å². The molecule has 1 N–H and O–H groups in total. The van der Waals surface area contributed by atoms with Gasteiger partial charge in [0.05, 0.1) is 18.8 Å². The van der Waals surface area contributed by atoms with Gasteiger partial charge in [-0.2, -0.15) is 0 Å². The lowest BCUT2D eigenvalue weighted by atomic mass is 10.1. The molecule has 1 saturated heterocycles. The fraction of sp³-hybridized carbons (Fsp3) is 0.320. The predicted molar refractivity (Wildman–Crippen MR) is 122 cm³/mol. The average molecular weight is 466 g/mol. The number of aliphatic hydroxyl groups is 1. The Morgan fingerprint density at radius 3 is 2.44 bits per heavy atom. The Labute approximate surface area is 195 Å². The molecule has 9 nitrogen and oxygen atoms in total. The number of carbonyl (C=O) groups excluding carboxylic acids is 1. The molecule has 0 radical (unpaired) electrons. The molecule has 0 saturated carbocycles. The molecule has 3 aromatic rings. The highest BCUT2D eigenvalue weighted by molar-refractivity contribution is 5.89. The summed E-state index contributed by atoms with van der Waals surface area (Å²) < 4.78 is 19.3. The van der Waals surface area contributed by atoms with Gasteiger partial charge < -0.3 is 19.3 Å². The summed E-state index contributed by atoms with van der Waals surface area (Å²) in [4.78, 5) is 38.2. The number of ether oxygens (including phenoxy) is 3. The number of hydrogen-bond acceptors (Lipinski definition) is 7. The van der Waals surface area contributed by atoms with E-state index in [1.165, 1.54) is 10.8 Å². The minimum absolute atomic E-state index is 0.145. The van der Waals surface area contributed by atoms with Crippen LogP contribution in [0.25, 0.3) is 0 Å². The van der Waals surface area contributed by atoms with Crippen molar-refractivity contribution >= 4 is 5.97 Å². The molecule has 0 bridgehead atoms. The molecule has 1 aliphatic heterocycles. The second-order valence-corrected chi connectivity index (χ2v) is 8.06. The largest absolute Gasteiger partial charge is 0.456 e. The van der Waals surface area contributed by atoms with Crippen LogP contribution in [0.3, 0.4) is 0 Å². The van der Waals surface area contributed by atoms with Gasteiger partial charge >= 0.3 is 11.7 Å². The Morgan fingerprint density at radius 2 is 1.76 bits per heavy atom. The molecular weight excluding hydrogens is 440 g/mol. The Morgan fingerprint density at radius 1 is 1.09 bits per heavy atom. The summed E-state index contributed by atoms with van der Waals surface area (Å²) in [5, 5.41) is 9.75. The number of rotatable bonds is 8. The van der Waals surface area contributed by atoms with Crippen molar-refractivity contribution in [1.82, 2.24) is 9.13 Å². The van der Waals surface area contributed by atoms with Crippen LogP contribution in [0.4, 0.5) is 0 Å². The number of hydrogen-bond donors (Lipinski definition) is 1. The third-order valence-corrected chi connectivity index (χ3v) is 5.64. The number of aryl methyl sites for hydroxylation is 1. The van der Waals surface area contributed by atoms with E-state index in [4.69, 9.17) is 14.2 Å². The summed E-state index contributed by atoms with van der Waals surface area (Å²) in [7, 11) is 0. The summed E-state index contributed by atoms with van der Waals surface area (Å²) in [6, 6.07) is 17.9. The molecule has 9 heteroatoms. The second-order valence-electron chi connectivity index (χ2n) is 8.06. The Hall–Kier alpha value is -3.53. The van der Waals surface area contributed by atoms with Crippen molar-refractivity contribution in [1.29, 1.82) is 0 Å². The van der Waals surface area contributed by atoms with Crippen LogP contribution < -0.4 is 11.2 Å². The van der Waals surface area contributed by atoms with Gasteiger partial charge in [-0.15, -0.1) is 0 Å². The van der Waals surface area contributed by atoms with Crippen molar-refractivity contribution in [2.75, 3.05) is 6.61 Å². The fourth-order valence-electron chi connectivity index (χ4n) is 3.85. The van der Waals surface area contributed by atoms with E-state index in [0.717, 1.165) is 10.1 Å². The normalized spacial score (nSPS) is 19.8. The van der Waals surface area contributed by atoms with Crippen molar-refractivity contribution in [3.8, 4) is 0 Å². The van der Waals surface area contributed by atoms with Gasteiger partial charge in [0.2, 0.25) is 0 Å². The maximum absolute atomic E-state index is 13.1. The minimum atomic E-state index is -0.821. The third kappa shape index (κ3) is 5.17. The quantitative estimate of drug-likeness (QED) is 0.506. The van der Waals surface area contributed by atoms with Crippen LogP contribution in [0.15, 0.2) is 76.4 Å². The van der Waals surface area contributed by atoms with E-state index in [1.807, 2.05) is 30.3 Å². The lowest BCUT2D eigenvalue weighted by molar-refractivity contribution is -0.0531. The molecule has 2 aromatic carbocycles. The lowest BCUT2D eigenvalue weighted by Gasteiger charge is -2.17. The topological polar surface area (TPSA) is 109 Å². The monoisotopic (exact) mass is 466 g/mol. The highest BCUT2D eigenvalue weighted by Gasteiger charge is 2.39. The van der Waals surface area contributed by atoms with Gasteiger partial charge in [-0.05, 0) is 24.6 Å². The van der Waals surface area contributed by atoms with E-state index in [9.17, 15) is 19.5 Å². The van der Waals surface area contributed by atoms with Crippen molar-refractivity contribution in [2.45, 2.75) is 45.1 Å². The molecule has 1 aliphatic rings. The first-order valence-electron chi connectivity index (χ1n) is 10.9. The van der Waals surface area contributed by atoms with Crippen LogP contribution in [-0.2, 0) is 27.5 Å². The maximum Gasteiger partial charge on any atom is 0.338 e. The molecule has 4 rings (SSSR count). The van der Waals surface area contributed by atoms with E-state index < -0.39 is 42.3 Å². The summed E-state index contributed by atoms with van der Waals surface area (Å²) in [5.74, 6) is -0.545. The van der Waals surface area contributed by atoms with E-state index in [-0.39, 0.29) is 19.8 Å². The third-order valence-electron chi connectivity index (χ3n) is 5.64. The standard InChI is InChI=1S/C25H26N2O7/c1-17-13-26(25(31)27(23(17)29)16-32-15-18-8-4-2-5-9-18)22-12-20(21(14-28)33-22)34-24(30)19-10-6-3-7-11-19/h2-11,13,20-22,28H,12,14-16H2,1H3/t20-,21+,22+/m0/s1. The molecule has 2 heterocycles. The zero-order chi connectivity index (χ0) is 24.1. The number of aliphatic hydroxyl groups excluding tert-OH is 1. The van der Waals surface area contributed by atoms with Crippen molar-refractivity contribution in [3.63, 3.8) is 0 Å². The Kier molecular flexibility index (Phi) is 7.36. The first-order chi connectivity index (χ1) is 16.5. The van der Waals surface area contributed by atoms with E-state index in [0.29, 0.717) is 11.1 Å². The fourth-order valence-corrected chi connectivity index (χ4v) is 3.85. The molecule has 178 valence electrons. The molecule has 34 heavy (non-hydrogen) atoms. The summed E-state index contributed by atoms with van der Waals surface area (Å²) in [6.45, 7) is 1.22. The number of esters is 1. The molecule has 0 unspecified atom stereocenters. The van der Waals surface area contributed by atoms with Crippen molar-refractivity contribution in [3.05, 3.63) is 104 Å². The first kappa shape index (κ1) is 23.6. The number of benzene rings is 2. The van der Waals surface area contributed by atoms with E-state index in [1.54, 1.807) is 37.3 Å². The Bertz CT molecular complexity index is 1240. The first-order valence-corrected chi connectivity index (χ1v) is 10.9. The van der Waals surface area contributed by atoms with Gasteiger partial charge in [-0.3, -0.25) is 9.36 Å². The average Bonchev–Trinajstić information content (AvgIpc) is 3.27. The zero-order valence-electron chi connectivity index (χ0n) is 18.7. The van der Waals surface area contributed by atoms with Crippen LogP contribution in [0, 0.1) is 6.92 Å². The predicted octanol–water partition coefficient (Wildman–Crippen LogP) is 2.00. The van der Waals surface area contributed by atoms with Crippen LogP contribution >= 0.6 is 0 Å². The van der Waals surface area contributed by atoms with Gasteiger partial charge in [0, 0.05) is 18.2 Å². The number of aromatic nitrogens is 2. The molecule has 0 aliphatic carbocycles. The number of nitrogens with zero attached hydrogens (tertiary/aromatic N) is 2. The van der Waals surface area contributed by atoms with Gasteiger partial charge in [-0.25, -0.2) is 14.2 Å². The molecule has 3 atom stereocenters. The van der Waals surface area contributed by atoms with Crippen LogP contribution in [-0.4, -0.2) is 39.0 Å². The van der Waals surface area contributed by atoms with E-state index >= 15 is 0 Å². The molecule has 0 spiro atoms. The van der Waals surface area contributed by atoms with Crippen LogP contribution in [0.2, 0.25) is 0 Å². The van der Waals surface area contributed by atoms with Gasteiger partial charge in [0.1, 0.15) is 25.2 Å². The molecular formula is C25H26N2O7. The van der Waals surface area contributed by atoms with Crippen molar-refractivity contribution < 1.29 is 24.1 Å². The number of carbonyl (C=O) groups is 1. The van der Waals surface area contributed by atoms with Gasteiger partial charge in [-0.1, -0.05) is 48.5 Å². The summed E-state index contributed by atoms with van der Waals surface area (Å²) >= 11 is 0. The van der Waals surface area contributed by atoms with Crippen molar-refractivity contribution in [2.24, 2.45) is 0 Å². The van der Waals surface area contributed by atoms with E-state index in [2.05, 4.69) is 0 Å². The minimum Gasteiger partial charge on any atom is -0.456 e. The van der Waals surface area contributed by atoms with Gasteiger partial charge in [0.15, 0.2) is 0 Å². The molecule has 1 aromatic heterocycles. The summed E-state index contributed by atoms with van der Waals surface area (Å²) in [6.07, 6.45) is -0.826. The molecule has 0 amide bonds. The Balaban J connectivity index is 1.51. The highest BCUT2D eigenvalue weighted by Crippen LogP contribution is 2.30. The SMILES string of the molecule is Cc1cn([C@H]2C[C@H](OC(=O)c3ccccc3)[C@@H](CO)O2)c(=O)n(COCc2ccccc2)c1=O.